The predicted molar refractivity (Wildman–Crippen MR) is 81.5 cm³/mol. The van der Waals surface area contributed by atoms with Crippen LogP contribution >= 0.6 is 11.6 Å². The third kappa shape index (κ3) is 3.98. The van der Waals surface area contributed by atoms with Gasteiger partial charge in [-0.15, -0.1) is 0 Å². The van der Waals surface area contributed by atoms with E-state index in [0.717, 1.165) is 17.8 Å². The van der Waals surface area contributed by atoms with Gasteiger partial charge in [0.25, 0.3) is 0 Å². The van der Waals surface area contributed by atoms with Gasteiger partial charge in [0.2, 0.25) is 5.91 Å². The van der Waals surface area contributed by atoms with Crippen LogP contribution in [-0.2, 0) is 11.2 Å². The van der Waals surface area contributed by atoms with E-state index in [-0.39, 0.29) is 18.4 Å². The molecule has 0 aliphatic heterocycles. The molecule has 0 saturated heterocycles. The SMILES string of the molecule is CCC(NC(=O)Cc1cc(Cl)ccc1OC)c1ncc[nH]1. The number of imidazole rings is 1. The molecular weight excluding hydrogens is 290 g/mol. The average molecular weight is 308 g/mol. The van der Waals surface area contributed by atoms with Crippen molar-refractivity contribution < 1.29 is 9.53 Å². The van der Waals surface area contributed by atoms with Gasteiger partial charge in [0, 0.05) is 23.0 Å². The number of nitrogens with one attached hydrogen (secondary N) is 2. The van der Waals surface area contributed by atoms with Gasteiger partial charge in [-0.05, 0) is 24.6 Å². The third-order valence-electron chi connectivity index (χ3n) is 3.19. The molecule has 0 fully saturated rings. The Morgan fingerprint density at radius 2 is 2.33 bits per heavy atom. The van der Waals surface area contributed by atoms with Crippen molar-refractivity contribution >= 4 is 17.5 Å². The van der Waals surface area contributed by atoms with Crippen molar-refractivity contribution in [2.75, 3.05) is 7.11 Å². The molecule has 0 spiro atoms. The second-order valence-corrected chi connectivity index (χ2v) is 5.07. The number of aromatic amines is 1. The van der Waals surface area contributed by atoms with Crippen LogP contribution in [0.4, 0.5) is 0 Å². The highest BCUT2D eigenvalue weighted by atomic mass is 35.5. The highest BCUT2D eigenvalue weighted by Gasteiger charge is 2.16. The van der Waals surface area contributed by atoms with Crippen LogP contribution in [0.1, 0.15) is 30.8 Å². The number of ether oxygens (including phenoxy) is 1. The molecule has 0 saturated carbocycles. The molecule has 1 unspecified atom stereocenters. The number of hydrogen-bond acceptors (Lipinski definition) is 3. The lowest BCUT2D eigenvalue weighted by molar-refractivity contribution is -0.121. The van der Waals surface area contributed by atoms with Gasteiger partial charge in [-0.2, -0.15) is 0 Å². The lowest BCUT2D eigenvalue weighted by Gasteiger charge is -2.15. The largest absolute Gasteiger partial charge is 0.496 e. The van der Waals surface area contributed by atoms with E-state index in [4.69, 9.17) is 16.3 Å². The van der Waals surface area contributed by atoms with Gasteiger partial charge in [0.15, 0.2) is 0 Å². The van der Waals surface area contributed by atoms with Crippen LogP contribution in [-0.4, -0.2) is 23.0 Å². The summed E-state index contributed by atoms with van der Waals surface area (Å²) in [5.74, 6) is 1.31. The van der Waals surface area contributed by atoms with Crippen LogP contribution in [0, 0.1) is 0 Å². The van der Waals surface area contributed by atoms with Gasteiger partial charge in [-0.25, -0.2) is 4.98 Å². The number of aromatic nitrogens is 2. The molecule has 1 aromatic carbocycles. The maximum atomic E-state index is 12.2. The Bertz CT molecular complexity index is 599. The van der Waals surface area contributed by atoms with Crippen molar-refractivity contribution in [1.82, 2.24) is 15.3 Å². The summed E-state index contributed by atoms with van der Waals surface area (Å²) in [4.78, 5) is 19.4. The molecular formula is C15H18ClN3O2. The fraction of sp³-hybridized carbons (Fsp3) is 0.333. The Labute approximate surface area is 128 Å². The highest BCUT2D eigenvalue weighted by molar-refractivity contribution is 6.30. The summed E-state index contributed by atoms with van der Waals surface area (Å²) in [6.07, 6.45) is 4.38. The van der Waals surface area contributed by atoms with Crippen LogP contribution in [0.3, 0.4) is 0 Å². The molecule has 2 aromatic rings. The Balaban J connectivity index is 2.06. The van der Waals surface area contributed by atoms with Crippen molar-refractivity contribution in [1.29, 1.82) is 0 Å². The first-order valence-corrected chi connectivity index (χ1v) is 7.13. The van der Waals surface area contributed by atoms with Gasteiger partial charge in [0.1, 0.15) is 11.6 Å². The molecule has 6 heteroatoms. The summed E-state index contributed by atoms with van der Waals surface area (Å²) in [6, 6.07) is 5.11. The Hall–Kier alpha value is -2.01. The Morgan fingerprint density at radius 1 is 1.52 bits per heavy atom. The van der Waals surface area contributed by atoms with E-state index in [0.29, 0.717) is 10.8 Å². The number of H-pyrrole nitrogens is 1. The van der Waals surface area contributed by atoms with Crippen molar-refractivity contribution in [3.05, 3.63) is 47.0 Å². The summed E-state index contributed by atoms with van der Waals surface area (Å²) in [7, 11) is 1.57. The fourth-order valence-electron chi connectivity index (χ4n) is 2.14. The van der Waals surface area contributed by atoms with E-state index in [1.54, 1.807) is 37.7 Å². The van der Waals surface area contributed by atoms with Crippen molar-refractivity contribution in [2.45, 2.75) is 25.8 Å². The third-order valence-corrected chi connectivity index (χ3v) is 3.42. The Morgan fingerprint density at radius 3 is 2.95 bits per heavy atom. The van der Waals surface area contributed by atoms with E-state index >= 15 is 0 Å². The van der Waals surface area contributed by atoms with E-state index < -0.39 is 0 Å². The van der Waals surface area contributed by atoms with Gasteiger partial charge in [-0.3, -0.25) is 4.79 Å². The normalized spacial score (nSPS) is 12.0. The molecule has 1 aromatic heterocycles. The Kier molecular flexibility index (Phi) is 5.22. The molecule has 1 heterocycles. The summed E-state index contributed by atoms with van der Waals surface area (Å²) >= 11 is 5.97. The van der Waals surface area contributed by atoms with E-state index in [1.807, 2.05) is 6.92 Å². The summed E-state index contributed by atoms with van der Waals surface area (Å²) in [5.41, 5.74) is 0.761. The quantitative estimate of drug-likeness (QED) is 0.862. The minimum absolute atomic E-state index is 0.0983. The van der Waals surface area contributed by atoms with Gasteiger partial charge < -0.3 is 15.0 Å². The zero-order valence-corrected chi connectivity index (χ0v) is 12.8. The first-order chi connectivity index (χ1) is 10.1. The number of hydrogen-bond donors (Lipinski definition) is 2. The van der Waals surface area contributed by atoms with Gasteiger partial charge in [-0.1, -0.05) is 18.5 Å². The smallest absolute Gasteiger partial charge is 0.225 e. The van der Waals surface area contributed by atoms with Crippen LogP contribution in [0.2, 0.25) is 5.02 Å². The van der Waals surface area contributed by atoms with Gasteiger partial charge >= 0.3 is 0 Å². The second-order valence-electron chi connectivity index (χ2n) is 4.64. The van der Waals surface area contributed by atoms with Crippen molar-refractivity contribution in [3.8, 4) is 5.75 Å². The maximum absolute atomic E-state index is 12.2. The predicted octanol–water partition coefficient (Wildman–Crippen LogP) is 2.88. The topological polar surface area (TPSA) is 67.0 Å². The zero-order chi connectivity index (χ0) is 15.2. The number of carbonyl (C=O) groups excluding carboxylic acids is 1. The average Bonchev–Trinajstić information content (AvgIpc) is 2.99. The van der Waals surface area contributed by atoms with Crippen molar-refractivity contribution in [3.63, 3.8) is 0 Å². The molecule has 0 aliphatic rings. The molecule has 0 aliphatic carbocycles. The first-order valence-electron chi connectivity index (χ1n) is 6.75. The summed E-state index contributed by atoms with van der Waals surface area (Å²) in [5, 5.41) is 3.54. The lowest BCUT2D eigenvalue weighted by Crippen LogP contribution is -2.30. The second kappa shape index (κ2) is 7.13. The molecule has 2 rings (SSSR count). The molecule has 21 heavy (non-hydrogen) atoms. The standard InChI is InChI=1S/C15H18ClN3O2/c1-3-12(15-17-6-7-18-15)19-14(20)9-10-8-11(16)4-5-13(10)21-2/h4-8,12H,3,9H2,1-2H3,(H,17,18)(H,19,20). The molecule has 2 N–H and O–H groups in total. The van der Waals surface area contributed by atoms with E-state index in [9.17, 15) is 4.79 Å². The van der Waals surface area contributed by atoms with E-state index in [2.05, 4.69) is 15.3 Å². The molecule has 112 valence electrons. The number of benzene rings is 1. The van der Waals surface area contributed by atoms with Crippen molar-refractivity contribution in [2.24, 2.45) is 0 Å². The number of rotatable bonds is 6. The van der Waals surface area contributed by atoms with Crippen LogP contribution in [0.5, 0.6) is 5.75 Å². The molecule has 5 nitrogen and oxygen atoms in total. The molecule has 1 amide bonds. The van der Waals surface area contributed by atoms with Crippen LogP contribution in [0.25, 0.3) is 0 Å². The number of methoxy groups -OCH3 is 1. The lowest BCUT2D eigenvalue weighted by atomic mass is 10.1. The minimum Gasteiger partial charge on any atom is -0.496 e. The molecule has 1 atom stereocenters. The summed E-state index contributed by atoms with van der Waals surface area (Å²) in [6.45, 7) is 1.99. The number of amides is 1. The summed E-state index contributed by atoms with van der Waals surface area (Å²) < 4.78 is 5.25. The van der Waals surface area contributed by atoms with E-state index in [1.165, 1.54) is 0 Å². The van der Waals surface area contributed by atoms with Crippen LogP contribution in [0.15, 0.2) is 30.6 Å². The maximum Gasteiger partial charge on any atom is 0.225 e. The number of halogens is 1. The number of nitrogens with zero attached hydrogens (tertiary/aromatic N) is 1. The molecule has 0 bridgehead atoms. The fourth-order valence-corrected chi connectivity index (χ4v) is 2.33. The monoisotopic (exact) mass is 307 g/mol. The zero-order valence-electron chi connectivity index (χ0n) is 12.0. The van der Waals surface area contributed by atoms with Gasteiger partial charge in [0.05, 0.1) is 19.6 Å². The first kappa shape index (κ1) is 15.4. The number of carbonyl (C=O) groups is 1. The minimum atomic E-state index is -0.127. The highest BCUT2D eigenvalue weighted by Crippen LogP contribution is 2.23. The molecule has 0 radical (unpaired) electrons. The van der Waals surface area contributed by atoms with Crippen LogP contribution < -0.4 is 10.1 Å².